The summed E-state index contributed by atoms with van der Waals surface area (Å²) in [4.78, 5) is 14.2. The van der Waals surface area contributed by atoms with E-state index in [2.05, 4.69) is 0 Å². The smallest absolute Gasteiger partial charge is 0.253 e. The summed E-state index contributed by atoms with van der Waals surface area (Å²) in [5, 5.41) is 0. The standard InChI is InChI=1S/C13H16ClNOS/c14-10-11-3-1-4-12(9-11)13(16)15-5-2-7-17-8-6-15/h1,3-4,9H,2,5-8,10H2. The van der Waals surface area contributed by atoms with Gasteiger partial charge in [-0.25, -0.2) is 0 Å². The third-order valence-corrected chi connectivity index (χ3v) is 4.19. The van der Waals surface area contributed by atoms with Crippen molar-refractivity contribution < 1.29 is 4.79 Å². The molecule has 1 aliphatic heterocycles. The molecule has 4 heteroatoms. The summed E-state index contributed by atoms with van der Waals surface area (Å²) in [5.41, 5.74) is 1.76. The monoisotopic (exact) mass is 269 g/mol. The molecule has 0 unspecified atom stereocenters. The molecule has 0 aromatic heterocycles. The molecule has 1 amide bonds. The van der Waals surface area contributed by atoms with Crippen LogP contribution in [0.3, 0.4) is 0 Å². The SMILES string of the molecule is O=C(c1cccc(CCl)c1)N1CCCSCC1. The van der Waals surface area contributed by atoms with E-state index < -0.39 is 0 Å². The number of hydrogen-bond acceptors (Lipinski definition) is 2. The molecule has 17 heavy (non-hydrogen) atoms. The lowest BCUT2D eigenvalue weighted by molar-refractivity contribution is 0.0768. The second kappa shape index (κ2) is 6.31. The van der Waals surface area contributed by atoms with Crippen LogP contribution in [-0.4, -0.2) is 35.4 Å². The Morgan fingerprint density at radius 1 is 1.35 bits per heavy atom. The van der Waals surface area contributed by atoms with E-state index in [4.69, 9.17) is 11.6 Å². The minimum atomic E-state index is 0.138. The number of halogens is 1. The number of carbonyl (C=O) groups is 1. The van der Waals surface area contributed by atoms with Gasteiger partial charge in [0.25, 0.3) is 5.91 Å². The Morgan fingerprint density at radius 3 is 3.06 bits per heavy atom. The Hall–Kier alpha value is -0.670. The largest absolute Gasteiger partial charge is 0.338 e. The van der Waals surface area contributed by atoms with Gasteiger partial charge in [0.2, 0.25) is 0 Å². The summed E-state index contributed by atoms with van der Waals surface area (Å²) in [6.45, 7) is 1.73. The van der Waals surface area contributed by atoms with Gasteiger partial charge in [0.1, 0.15) is 0 Å². The van der Waals surface area contributed by atoms with Gasteiger partial charge in [0.15, 0.2) is 0 Å². The van der Waals surface area contributed by atoms with Gasteiger partial charge >= 0.3 is 0 Å². The van der Waals surface area contributed by atoms with E-state index in [1.807, 2.05) is 40.9 Å². The maximum Gasteiger partial charge on any atom is 0.253 e. The van der Waals surface area contributed by atoms with Crippen LogP contribution in [-0.2, 0) is 5.88 Å². The van der Waals surface area contributed by atoms with E-state index in [-0.39, 0.29) is 5.91 Å². The highest BCUT2D eigenvalue weighted by Crippen LogP contribution is 2.15. The minimum absolute atomic E-state index is 0.138. The van der Waals surface area contributed by atoms with E-state index >= 15 is 0 Å². The number of benzene rings is 1. The van der Waals surface area contributed by atoms with Crippen molar-refractivity contribution >= 4 is 29.3 Å². The van der Waals surface area contributed by atoms with E-state index in [0.717, 1.165) is 42.1 Å². The molecular formula is C13H16ClNOS. The highest BCUT2D eigenvalue weighted by Gasteiger charge is 2.17. The molecule has 1 aliphatic rings. The van der Waals surface area contributed by atoms with Gasteiger partial charge in [-0.1, -0.05) is 12.1 Å². The normalized spacial score (nSPS) is 16.6. The third kappa shape index (κ3) is 3.39. The fourth-order valence-corrected chi connectivity index (χ4v) is 2.97. The molecule has 1 fully saturated rings. The fraction of sp³-hybridized carbons (Fsp3) is 0.462. The first-order valence-corrected chi connectivity index (χ1v) is 7.52. The van der Waals surface area contributed by atoms with Crippen molar-refractivity contribution in [3.8, 4) is 0 Å². The first kappa shape index (κ1) is 12.8. The van der Waals surface area contributed by atoms with Crippen LogP contribution >= 0.6 is 23.4 Å². The average molecular weight is 270 g/mol. The molecule has 0 bridgehead atoms. The molecule has 0 atom stereocenters. The van der Waals surface area contributed by atoms with Gasteiger partial charge in [0.05, 0.1) is 0 Å². The van der Waals surface area contributed by atoms with Crippen LogP contribution in [0.15, 0.2) is 24.3 Å². The summed E-state index contributed by atoms with van der Waals surface area (Å²) in [5.74, 6) is 2.79. The van der Waals surface area contributed by atoms with E-state index in [1.54, 1.807) is 0 Å². The van der Waals surface area contributed by atoms with Gasteiger partial charge in [0, 0.05) is 30.3 Å². The predicted octanol–water partition coefficient (Wildman–Crippen LogP) is 3.00. The van der Waals surface area contributed by atoms with Crippen molar-refractivity contribution in [2.75, 3.05) is 24.6 Å². The highest BCUT2D eigenvalue weighted by molar-refractivity contribution is 7.99. The summed E-state index contributed by atoms with van der Waals surface area (Å²) in [6, 6.07) is 7.61. The number of carbonyl (C=O) groups excluding carboxylic acids is 1. The van der Waals surface area contributed by atoms with Crippen LogP contribution < -0.4 is 0 Å². The van der Waals surface area contributed by atoms with Crippen LogP contribution in [0.25, 0.3) is 0 Å². The Bertz CT molecular complexity index is 389. The molecular weight excluding hydrogens is 254 g/mol. The average Bonchev–Trinajstić information content (AvgIpc) is 2.67. The first-order chi connectivity index (χ1) is 8.31. The zero-order valence-electron chi connectivity index (χ0n) is 9.69. The van der Waals surface area contributed by atoms with Crippen molar-refractivity contribution in [3.63, 3.8) is 0 Å². The second-order valence-electron chi connectivity index (χ2n) is 4.09. The topological polar surface area (TPSA) is 20.3 Å². The van der Waals surface area contributed by atoms with E-state index in [9.17, 15) is 4.79 Å². The maximum absolute atomic E-state index is 12.3. The Morgan fingerprint density at radius 2 is 2.24 bits per heavy atom. The number of thioether (sulfide) groups is 1. The van der Waals surface area contributed by atoms with Crippen molar-refractivity contribution in [2.45, 2.75) is 12.3 Å². The van der Waals surface area contributed by atoms with Crippen LogP contribution in [0.1, 0.15) is 22.3 Å². The molecule has 1 aromatic carbocycles. The van der Waals surface area contributed by atoms with Crippen molar-refractivity contribution in [1.82, 2.24) is 4.90 Å². The van der Waals surface area contributed by atoms with Crippen molar-refractivity contribution in [2.24, 2.45) is 0 Å². The third-order valence-electron chi connectivity index (χ3n) is 2.84. The summed E-state index contributed by atoms with van der Waals surface area (Å²) < 4.78 is 0. The number of alkyl halides is 1. The molecule has 0 radical (unpaired) electrons. The molecule has 0 aliphatic carbocycles. The van der Waals surface area contributed by atoms with E-state index in [1.165, 1.54) is 0 Å². The van der Waals surface area contributed by atoms with Gasteiger partial charge in [-0.05, 0) is 29.9 Å². The molecule has 0 saturated carbocycles. The number of rotatable bonds is 2. The molecule has 2 nitrogen and oxygen atoms in total. The van der Waals surface area contributed by atoms with Crippen LogP contribution in [0.5, 0.6) is 0 Å². The quantitative estimate of drug-likeness (QED) is 0.770. The lowest BCUT2D eigenvalue weighted by Gasteiger charge is -2.20. The van der Waals surface area contributed by atoms with Crippen molar-refractivity contribution in [3.05, 3.63) is 35.4 Å². The van der Waals surface area contributed by atoms with Gasteiger partial charge < -0.3 is 4.90 Å². The molecule has 1 saturated heterocycles. The Labute approximate surface area is 111 Å². The Kier molecular flexibility index (Phi) is 4.75. The lowest BCUT2D eigenvalue weighted by atomic mass is 10.1. The van der Waals surface area contributed by atoms with Crippen molar-refractivity contribution in [1.29, 1.82) is 0 Å². The summed E-state index contributed by atoms with van der Waals surface area (Å²) in [6.07, 6.45) is 1.09. The molecule has 2 rings (SSSR count). The van der Waals surface area contributed by atoms with Gasteiger partial charge in [-0.15, -0.1) is 11.6 Å². The molecule has 0 spiro atoms. The molecule has 92 valence electrons. The van der Waals surface area contributed by atoms with Crippen LogP contribution in [0.4, 0.5) is 0 Å². The maximum atomic E-state index is 12.3. The number of hydrogen-bond donors (Lipinski definition) is 0. The number of nitrogens with zero attached hydrogens (tertiary/aromatic N) is 1. The second-order valence-corrected chi connectivity index (χ2v) is 5.58. The first-order valence-electron chi connectivity index (χ1n) is 5.83. The minimum Gasteiger partial charge on any atom is -0.338 e. The number of amides is 1. The van der Waals surface area contributed by atoms with Gasteiger partial charge in [-0.3, -0.25) is 4.79 Å². The fourth-order valence-electron chi connectivity index (χ4n) is 1.92. The molecule has 1 heterocycles. The van der Waals surface area contributed by atoms with Crippen LogP contribution in [0.2, 0.25) is 0 Å². The lowest BCUT2D eigenvalue weighted by Crippen LogP contribution is -2.32. The molecule has 0 N–H and O–H groups in total. The Balaban J connectivity index is 2.11. The van der Waals surface area contributed by atoms with Gasteiger partial charge in [-0.2, -0.15) is 11.8 Å². The zero-order chi connectivity index (χ0) is 12.1. The summed E-state index contributed by atoms with van der Waals surface area (Å²) in [7, 11) is 0. The molecule has 1 aromatic rings. The van der Waals surface area contributed by atoms with E-state index in [0.29, 0.717) is 5.88 Å². The zero-order valence-corrected chi connectivity index (χ0v) is 11.3. The van der Waals surface area contributed by atoms with Crippen LogP contribution in [0, 0.1) is 0 Å². The predicted molar refractivity (Wildman–Crippen MR) is 73.8 cm³/mol. The highest BCUT2D eigenvalue weighted by atomic mass is 35.5. The summed E-state index contributed by atoms with van der Waals surface area (Å²) >= 11 is 7.71.